The van der Waals surface area contributed by atoms with Gasteiger partial charge < -0.3 is 5.32 Å². The Labute approximate surface area is 127 Å². The molecule has 0 saturated heterocycles. The minimum Gasteiger partial charge on any atom is -0.381 e. The molecule has 0 aliphatic heterocycles. The molecular weight excluding hydrogens is 310 g/mol. The van der Waals surface area contributed by atoms with Gasteiger partial charge in [-0.3, -0.25) is 0 Å². The Morgan fingerprint density at radius 2 is 1.75 bits per heavy atom. The molecule has 20 heavy (non-hydrogen) atoms. The van der Waals surface area contributed by atoms with E-state index in [2.05, 4.69) is 88.8 Å². The zero-order chi connectivity index (χ0) is 13.9. The normalized spacial score (nSPS) is 10.7. The lowest BCUT2D eigenvalue weighted by Crippen LogP contribution is -2.01. The first-order valence-corrected chi connectivity index (χ1v) is 7.50. The van der Waals surface area contributed by atoms with Crippen molar-refractivity contribution in [2.24, 2.45) is 0 Å². The van der Waals surface area contributed by atoms with Gasteiger partial charge >= 0.3 is 0 Å². The van der Waals surface area contributed by atoms with E-state index in [4.69, 9.17) is 0 Å². The smallest absolute Gasteiger partial charge is 0.0407 e. The summed E-state index contributed by atoms with van der Waals surface area (Å²) in [6.45, 7) is 2.96. The van der Waals surface area contributed by atoms with Crippen molar-refractivity contribution in [3.8, 4) is 0 Å². The van der Waals surface area contributed by atoms with E-state index in [1.165, 1.54) is 27.6 Å². The van der Waals surface area contributed by atoms with Crippen molar-refractivity contribution in [2.45, 2.75) is 13.5 Å². The third kappa shape index (κ3) is 2.70. The first-order chi connectivity index (χ1) is 9.74. The fourth-order valence-electron chi connectivity index (χ4n) is 2.46. The van der Waals surface area contributed by atoms with E-state index in [0.29, 0.717) is 0 Å². The van der Waals surface area contributed by atoms with Crippen LogP contribution in [0.1, 0.15) is 11.1 Å². The first kappa shape index (κ1) is 13.2. The van der Waals surface area contributed by atoms with Crippen LogP contribution in [0.5, 0.6) is 0 Å². The maximum atomic E-state index is 3.53. The van der Waals surface area contributed by atoms with Crippen LogP contribution in [0.25, 0.3) is 10.8 Å². The summed E-state index contributed by atoms with van der Waals surface area (Å²) in [5.74, 6) is 0. The molecule has 2 heteroatoms. The van der Waals surface area contributed by atoms with Crippen LogP contribution in [0.2, 0.25) is 0 Å². The number of halogens is 1. The molecule has 1 nitrogen and oxygen atoms in total. The molecule has 3 aromatic carbocycles. The van der Waals surface area contributed by atoms with Crippen molar-refractivity contribution in [1.82, 2.24) is 0 Å². The predicted octanol–water partition coefficient (Wildman–Crippen LogP) is 5.52. The molecule has 100 valence electrons. The van der Waals surface area contributed by atoms with Gasteiger partial charge in [0.15, 0.2) is 0 Å². The van der Waals surface area contributed by atoms with Crippen LogP contribution in [0.4, 0.5) is 5.69 Å². The Morgan fingerprint density at radius 3 is 2.60 bits per heavy atom. The fraction of sp³-hybridized carbons (Fsp3) is 0.111. The second kappa shape index (κ2) is 5.68. The van der Waals surface area contributed by atoms with E-state index in [0.717, 1.165) is 11.0 Å². The van der Waals surface area contributed by atoms with Gasteiger partial charge in [-0.05, 0) is 47.0 Å². The molecule has 3 rings (SSSR count). The van der Waals surface area contributed by atoms with Crippen molar-refractivity contribution >= 4 is 32.4 Å². The van der Waals surface area contributed by atoms with Crippen LogP contribution in [-0.2, 0) is 6.54 Å². The quantitative estimate of drug-likeness (QED) is 0.668. The van der Waals surface area contributed by atoms with E-state index in [1.54, 1.807) is 0 Å². The lowest BCUT2D eigenvalue weighted by atomic mass is 10.0. The number of hydrogen-bond acceptors (Lipinski definition) is 1. The van der Waals surface area contributed by atoms with Crippen LogP contribution in [-0.4, -0.2) is 0 Å². The van der Waals surface area contributed by atoms with Gasteiger partial charge in [-0.1, -0.05) is 58.4 Å². The highest BCUT2D eigenvalue weighted by Gasteiger charge is 2.02. The Balaban J connectivity index is 1.87. The molecule has 0 spiro atoms. The number of benzene rings is 3. The molecule has 3 aromatic rings. The summed E-state index contributed by atoms with van der Waals surface area (Å²) < 4.78 is 1.12. The van der Waals surface area contributed by atoms with Gasteiger partial charge in [-0.2, -0.15) is 0 Å². The Morgan fingerprint density at radius 1 is 0.950 bits per heavy atom. The topological polar surface area (TPSA) is 12.0 Å². The maximum absolute atomic E-state index is 3.53. The van der Waals surface area contributed by atoms with Crippen LogP contribution in [0, 0.1) is 6.92 Å². The second-order valence-corrected chi connectivity index (χ2v) is 5.87. The molecule has 0 fully saturated rings. The van der Waals surface area contributed by atoms with E-state index in [-0.39, 0.29) is 0 Å². The molecule has 0 aliphatic rings. The molecule has 0 bridgehead atoms. The molecule has 0 heterocycles. The summed E-state index contributed by atoms with van der Waals surface area (Å²) in [5.41, 5.74) is 3.76. The third-order valence-electron chi connectivity index (χ3n) is 3.54. The van der Waals surface area contributed by atoms with Crippen molar-refractivity contribution in [1.29, 1.82) is 0 Å². The van der Waals surface area contributed by atoms with E-state index >= 15 is 0 Å². The number of rotatable bonds is 3. The molecule has 1 N–H and O–H groups in total. The van der Waals surface area contributed by atoms with Crippen LogP contribution in [0.15, 0.2) is 65.1 Å². The van der Waals surface area contributed by atoms with Gasteiger partial charge in [0, 0.05) is 16.7 Å². The van der Waals surface area contributed by atoms with Gasteiger partial charge in [0.05, 0.1) is 0 Å². The lowest BCUT2D eigenvalue weighted by Gasteiger charge is -2.12. The average Bonchev–Trinajstić information content (AvgIpc) is 2.46. The number of hydrogen-bond donors (Lipinski definition) is 1. The largest absolute Gasteiger partial charge is 0.381 e. The van der Waals surface area contributed by atoms with Gasteiger partial charge in [0.1, 0.15) is 0 Å². The highest BCUT2D eigenvalue weighted by Crippen LogP contribution is 2.23. The molecular formula is C18H16BrN. The molecule has 0 amide bonds. The van der Waals surface area contributed by atoms with Crippen LogP contribution in [0.3, 0.4) is 0 Å². The van der Waals surface area contributed by atoms with Crippen LogP contribution >= 0.6 is 15.9 Å². The molecule has 0 saturated carbocycles. The van der Waals surface area contributed by atoms with Crippen molar-refractivity contribution in [3.63, 3.8) is 0 Å². The third-order valence-corrected chi connectivity index (χ3v) is 4.03. The number of nitrogens with one attached hydrogen (secondary N) is 1. The van der Waals surface area contributed by atoms with Gasteiger partial charge in [-0.25, -0.2) is 0 Å². The summed E-state index contributed by atoms with van der Waals surface area (Å²) in [4.78, 5) is 0. The second-order valence-electron chi connectivity index (χ2n) is 4.95. The Hall–Kier alpha value is -1.80. The van der Waals surface area contributed by atoms with Gasteiger partial charge in [0.25, 0.3) is 0 Å². The lowest BCUT2D eigenvalue weighted by molar-refractivity contribution is 1.16. The first-order valence-electron chi connectivity index (χ1n) is 6.71. The van der Waals surface area contributed by atoms with Gasteiger partial charge in [-0.15, -0.1) is 0 Å². The predicted molar refractivity (Wildman–Crippen MR) is 90.2 cm³/mol. The Kier molecular flexibility index (Phi) is 3.75. The summed E-state index contributed by atoms with van der Waals surface area (Å²) in [6.07, 6.45) is 0. The highest BCUT2D eigenvalue weighted by atomic mass is 79.9. The minimum absolute atomic E-state index is 0.837. The molecule has 0 unspecified atom stereocenters. The number of aryl methyl sites for hydroxylation is 1. The van der Waals surface area contributed by atoms with E-state index < -0.39 is 0 Å². The zero-order valence-corrected chi connectivity index (χ0v) is 12.9. The SMILES string of the molecule is Cc1cc(Br)ccc1NCc1cccc2ccccc12. The van der Waals surface area contributed by atoms with Crippen molar-refractivity contribution < 1.29 is 0 Å². The summed E-state index contributed by atoms with van der Waals surface area (Å²) >= 11 is 3.50. The van der Waals surface area contributed by atoms with Crippen LogP contribution < -0.4 is 5.32 Å². The van der Waals surface area contributed by atoms with E-state index in [1.807, 2.05) is 0 Å². The highest BCUT2D eigenvalue weighted by molar-refractivity contribution is 9.10. The number of fused-ring (bicyclic) bond motifs is 1. The van der Waals surface area contributed by atoms with Crippen molar-refractivity contribution in [2.75, 3.05) is 5.32 Å². The fourth-order valence-corrected chi connectivity index (χ4v) is 2.94. The standard InChI is InChI=1S/C18H16BrN/c1-13-11-16(19)9-10-18(13)20-12-15-7-4-6-14-5-2-3-8-17(14)15/h2-11,20H,12H2,1H3. The van der Waals surface area contributed by atoms with E-state index in [9.17, 15) is 0 Å². The average molecular weight is 326 g/mol. The molecule has 0 atom stereocenters. The monoisotopic (exact) mass is 325 g/mol. The molecule has 0 aromatic heterocycles. The summed E-state index contributed by atoms with van der Waals surface area (Å²) in [6, 6.07) is 21.3. The number of anilines is 1. The van der Waals surface area contributed by atoms with Crippen molar-refractivity contribution in [3.05, 3.63) is 76.3 Å². The molecule has 0 radical (unpaired) electrons. The zero-order valence-electron chi connectivity index (χ0n) is 11.4. The maximum Gasteiger partial charge on any atom is 0.0407 e. The van der Waals surface area contributed by atoms with Gasteiger partial charge in [0.2, 0.25) is 0 Å². The minimum atomic E-state index is 0.837. The summed E-state index contributed by atoms with van der Waals surface area (Å²) in [7, 11) is 0. The Bertz CT molecular complexity index is 744. The molecule has 0 aliphatic carbocycles. The summed E-state index contributed by atoms with van der Waals surface area (Å²) in [5, 5.41) is 6.14.